The van der Waals surface area contributed by atoms with Gasteiger partial charge in [0.25, 0.3) is 0 Å². The summed E-state index contributed by atoms with van der Waals surface area (Å²) in [6.07, 6.45) is 9.74. The molecule has 21 heavy (non-hydrogen) atoms. The van der Waals surface area contributed by atoms with Crippen LogP contribution in [-0.2, 0) is 6.42 Å². The number of hydrogen-bond acceptors (Lipinski definition) is 3. The van der Waals surface area contributed by atoms with Gasteiger partial charge >= 0.3 is 0 Å². The largest absolute Gasteiger partial charge is 0.308 e. The van der Waals surface area contributed by atoms with E-state index in [1.165, 1.54) is 70.1 Å². The summed E-state index contributed by atoms with van der Waals surface area (Å²) in [6.45, 7) is 6.26. The number of nitrogens with zero attached hydrogens (tertiary/aromatic N) is 1. The molecule has 1 aliphatic heterocycles. The molecule has 1 atom stereocenters. The van der Waals surface area contributed by atoms with Crippen molar-refractivity contribution in [1.82, 2.24) is 10.2 Å². The van der Waals surface area contributed by atoms with Crippen molar-refractivity contribution in [3.63, 3.8) is 0 Å². The fourth-order valence-electron chi connectivity index (χ4n) is 4.61. The highest BCUT2D eigenvalue weighted by atomic mass is 32.1. The van der Waals surface area contributed by atoms with Crippen LogP contribution < -0.4 is 5.32 Å². The van der Waals surface area contributed by atoms with Crippen molar-refractivity contribution in [1.29, 1.82) is 0 Å². The lowest BCUT2D eigenvalue weighted by Crippen LogP contribution is -2.69. The molecule has 2 saturated carbocycles. The van der Waals surface area contributed by atoms with Crippen LogP contribution in [0.4, 0.5) is 0 Å². The average Bonchev–Trinajstić information content (AvgIpc) is 3.05. The third-order valence-corrected chi connectivity index (χ3v) is 7.04. The molecule has 1 N–H and O–H groups in total. The van der Waals surface area contributed by atoms with Crippen molar-refractivity contribution < 1.29 is 0 Å². The second kappa shape index (κ2) is 5.36. The highest BCUT2D eigenvalue weighted by Crippen LogP contribution is 2.46. The highest BCUT2D eigenvalue weighted by Gasteiger charge is 2.52. The van der Waals surface area contributed by atoms with Crippen LogP contribution >= 0.6 is 11.3 Å². The molecule has 1 unspecified atom stereocenters. The normalized spacial score (nSPS) is 32.8. The molecule has 1 saturated heterocycles. The number of rotatable bonds is 4. The molecule has 116 valence electrons. The van der Waals surface area contributed by atoms with Crippen LogP contribution in [0, 0.1) is 5.92 Å². The molecule has 1 spiro atoms. The van der Waals surface area contributed by atoms with Crippen LogP contribution in [0.3, 0.4) is 0 Å². The van der Waals surface area contributed by atoms with Crippen molar-refractivity contribution in [3.05, 3.63) is 22.4 Å². The zero-order valence-electron chi connectivity index (χ0n) is 13.2. The molecule has 1 aromatic rings. The lowest BCUT2D eigenvalue weighted by Gasteiger charge is -2.53. The molecule has 2 nitrogen and oxygen atoms in total. The van der Waals surface area contributed by atoms with Gasteiger partial charge in [-0.15, -0.1) is 0 Å². The molecule has 3 fully saturated rings. The second-order valence-corrected chi connectivity index (χ2v) is 8.56. The number of piperazine rings is 1. The van der Waals surface area contributed by atoms with Crippen molar-refractivity contribution in [3.8, 4) is 0 Å². The number of thiophene rings is 1. The van der Waals surface area contributed by atoms with Gasteiger partial charge in [-0.05, 0) is 67.3 Å². The smallest absolute Gasteiger partial charge is 0.0335 e. The zero-order chi connectivity index (χ0) is 14.3. The van der Waals surface area contributed by atoms with Crippen molar-refractivity contribution in [2.24, 2.45) is 5.92 Å². The minimum Gasteiger partial charge on any atom is -0.308 e. The van der Waals surface area contributed by atoms with Crippen molar-refractivity contribution >= 4 is 11.3 Å². The van der Waals surface area contributed by atoms with E-state index < -0.39 is 0 Å². The van der Waals surface area contributed by atoms with E-state index >= 15 is 0 Å². The van der Waals surface area contributed by atoms with E-state index in [4.69, 9.17) is 0 Å². The summed E-state index contributed by atoms with van der Waals surface area (Å²) < 4.78 is 0. The molecule has 0 bridgehead atoms. The van der Waals surface area contributed by atoms with Crippen molar-refractivity contribution in [2.75, 3.05) is 19.6 Å². The predicted octanol–water partition coefficient (Wildman–Crippen LogP) is 3.68. The Labute approximate surface area is 132 Å². The van der Waals surface area contributed by atoms with E-state index in [2.05, 4.69) is 34.0 Å². The van der Waals surface area contributed by atoms with Crippen LogP contribution in [-0.4, -0.2) is 35.6 Å². The van der Waals surface area contributed by atoms with Gasteiger partial charge < -0.3 is 5.32 Å². The SMILES string of the molecule is CC1(C2CC2)CNC2(CCCC2)CN1CCc1ccsc1. The first kappa shape index (κ1) is 14.2. The molecule has 0 aromatic carbocycles. The predicted molar refractivity (Wildman–Crippen MR) is 89.9 cm³/mol. The molecular formula is C18H28N2S. The lowest BCUT2D eigenvalue weighted by molar-refractivity contribution is 0.00355. The van der Waals surface area contributed by atoms with E-state index in [0.29, 0.717) is 11.1 Å². The van der Waals surface area contributed by atoms with E-state index in [9.17, 15) is 0 Å². The highest BCUT2D eigenvalue weighted by molar-refractivity contribution is 7.07. The molecule has 4 rings (SSSR count). The molecule has 3 aliphatic rings. The van der Waals surface area contributed by atoms with Gasteiger partial charge in [0.05, 0.1) is 0 Å². The average molecular weight is 305 g/mol. The summed E-state index contributed by atoms with van der Waals surface area (Å²) in [7, 11) is 0. The first-order chi connectivity index (χ1) is 10.2. The minimum atomic E-state index is 0.407. The van der Waals surface area contributed by atoms with E-state index in [0.717, 1.165) is 5.92 Å². The van der Waals surface area contributed by atoms with Gasteiger partial charge in [-0.25, -0.2) is 0 Å². The van der Waals surface area contributed by atoms with Gasteiger partial charge in [-0.3, -0.25) is 4.90 Å². The second-order valence-electron chi connectivity index (χ2n) is 7.78. The monoisotopic (exact) mass is 304 g/mol. The van der Waals surface area contributed by atoms with Crippen LogP contribution in [0.5, 0.6) is 0 Å². The first-order valence-electron chi connectivity index (χ1n) is 8.71. The Bertz CT molecular complexity index is 473. The molecule has 3 heteroatoms. The standard InChI is InChI=1S/C18H28N2S/c1-17(16-4-5-16)13-19-18(8-2-3-9-18)14-20(17)10-6-15-7-11-21-12-15/h7,11-12,16,19H,2-6,8-10,13-14H2,1H3. The number of nitrogens with one attached hydrogen (secondary N) is 1. The van der Waals surface area contributed by atoms with Gasteiger partial charge in [0.15, 0.2) is 0 Å². The topological polar surface area (TPSA) is 15.3 Å². The third-order valence-electron chi connectivity index (χ3n) is 6.31. The Morgan fingerprint density at radius 2 is 2.14 bits per heavy atom. The summed E-state index contributed by atoms with van der Waals surface area (Å²) in [4.78, 5) is 2.87. The first-order valence-corrected chi connectivity index (χ1v) is 9.66. The summed E-state index contributed by atoms with van der Waals surface area (Å²) in [5.74, 6) is 0.936. The maximum atomic E-state index is 3.99. The summed E-state index contributed by atoms with van der Waals surface area (Å²) in [6, 6.07) is 2.30. The fourth-order valence-corrected chi connectivity index (χ4v) is 5.31. The Balaban J connectivity index is 1.49. The fraction of sp³-hybridized carbons (Fsp3) is 0.778. The Morgan fingerprint density at radius 1 is 1.33 bits per heavy atom. The maximum absolute atomic E-state index is 3.99. The van der Waals surface area contributed by atoms with Crippen LogP contribution in [0.25, 0.3) is 0 Å². The Kier molecular flexibility index (Phi) is 3.63. The molecule has 0 radical (unpaired) electrons. The summed E-state index contributed by atoms with van der Waals surface area (Å²) in [5.41, 5.74) is 2.38. The summed E-state index contributed by atoms with van der Waals surface area (Å²) in [5, 5.41) is 8.53. The Hall–Kier alpha value is -0.380. The van der Waals surface area contributed by atoms with Crippen LogP contribution in [0.1, 0.15) is 51.0 Å². The molecule has 2 heterocycles. The third kappa shape index (κ3) is 2.69. The van der Waals surface area contributed by atoms with Gasteiger partial charge in [-0.2, -0.15) is 11.3 Å². The molecule has 2 aliphatic carbocycles. The van der Waals surface area contributed by atoms with Gasteiger partial charge in [0.1, 0.15) is 0 Å². The minimum absolute atomic E-state index is 0.407. The van der Waals surface area contributed by atoms with E-state index in [-0.39, 0.29) is 0 Å². The zero-order valence-corrected chi connectivity index (χ0v) is 14.1. The maximum Gasteiger partial charge on any atom is 0.0335 e. The number of hydrogen-bond donors (Lipinski definition) is 1. The summed E-state index contributed by atoms with van der Waals surface area (Å²) >= 11 is 1.83. The van der Waals surface area contributed by atoms with E-state index in [1.54, 1.807) is 0 Å². The van der Waals surface area contributed by atoms with Gasteiger partial charge in [0.2, 0.25) is 0 Å². The Morgan fingerprint density at radius 3 is 2.81 bits per heavy atom. The van der Waals surface area contributed by atoms with Crippen LogP contribution in [0.2, 0.25) is 0 Å². The molecular weight excluding hydrogens is 276 g/mol. The van der Waals surface area contributed by atoms with Gasteiger partial charge in [0, 0.05) is 30.7 Å². The van der Waals surface area contributed by atoms with Gasteiger partial charge in [-0.1, -0.05) is 12.8 Å². The lowest BCUT2D eigenvalue weighted by atomic mass is 9.83. The van der Waals surface area contributed by atoms with E-state index in [1.807, 2.05) is 11.3 Å². The van der Waals surface area contributed by atoms with Crippen LogP contribution in [0.15, 0.2) is 16.8 Å². The van der Waals surface area contributed by atoms with Crippen molar-refractivity contribution in [2.45, 2.75) is 62.9 Å². The molecule has 0 amide bonds. The quantitative estimate of drug-likeness (QED) is 0.913. The molecule has 1 aromatic heterocycles.